The fraction of sp³-hybridized carbons (Fsp3) is 0.490. The molecule has 1 atom stereocenters. The molecule has 4 heterocycles. The smallest absolute Gasteiger partial charge is 0.254 e. The van der Waals surface area contributed by atoms with Crippen LogP contribution in [0.4, 0.5) is 28.8 Å². The van der Waals surface area contributed by atoms with Gasteiger partial charge in [-0.1, -0.05) is 69.1 Å². The number of hydrogen-bond donors (Lipinski definition) is 3. The highest BCUT2D eigenvalue weighted by Gasteiger charge is 2.32. The van der Waals surface area contributed by atoms with Crippen molar-refractivity contribution in [2.45, 2.75) is 89.8 Å². The van der Waals surface area contributed by atoms with Gasteiger partial charge in [0.25, 0.3) is 5.91 Å². The van der Waals surface area contributed by atoms with E-state index >= 15 is 0 Å². The number of hydrogen-bond acceptors (Lipinski definition) is 11. The summed E-state index contributed by atoms with van der Waals surface area (Å²) in [7, 11) is 1.39. The number of halogens is 1. The van der Waals surface area contributed by atoms with Gasteiger partial charge in [-0.25, -0.2) is 4.98 Å². The first-order valence-corrected chi connectivity index (χ1v) is 25.6. The minimum atomic E-state index is -0.311. The number of unbranched alkanes of at least 4 members (excludes halogenated alkanes) is 4. The Morgan fingerprint density at radius 3 is 2.47 bits per heavy atom. The lowest BCUT2D eigenvalue weighted by molar-refractivity contribution is -0.125. The average molecular weight is 911 g/mol. The Labute approximate surface area is 385 Å². The summed E-state index contributed by atoms with van der Waals surface area (Å²) in [6.45, 7) is 14.8. The van der Waals surface area contributed by atoms with E-state index in [9.17, 15) is 14.4 Å². The van der Waals surface area contributed by atoms with Crippen molar-refractivity contribution in [2.24, 2.45) is 0 Å². The van der Waals surface area contributed by atoms with Crippen molar-refractivity contribution in [3.05, 3.63) is 88.6 Å². The lowest BCUT2D eigenvalue weighted by Gasteiger charge is -2.43. The van der Waals surface area contributed by atoms with Crippen molar-refractivity contribution in [3.63, 3.8) is 0 Å². The molecule has 3 aliphatic heterocycles. The maximum atomic E-state index is 13.2. The van der Waals surface area contributed by atoms with Crippen LogP contribution in [0, 0.1) is 0 Å². The third-order valence-corrected chi connectivity index (χ3v) is 14.8. The van der Waals surface area contributed by atoms with Crippen molar-refractivity contribution in [1.29, 1.82) is 0 Å². The summed E-state index contributed by atoms with van der Waals surface area (Å²) in [6.07, 6.45) is 12.1. The number of aromatic nitrogens is 2. The Morgan fingerprint density at radius 1 is 0.938 bits per heavy atom. The number of piperazine rings is 1. The molecule has 3 amide bonds. The quantitative estimate of drug-likeness (QED) is 0.0425. The second-order valence-electron chi connectivity index (χ2n) is 17.5. The van der Waals surface area contributed by atoms with Crippen molar-refractivity contribution in [2.75, 3.05) is 81.8 Å². The molecular weight excluding hydrogens is 845 g/mol. The van der Waals surface area contributed by atoms with E-state index in [2.05, 4.69) is 85.4 Å². The number of fused-ring (bicyclic) bond motifs is 1. The van der Waals surface area contributed by atoms with E-state index in [4.69, 9.17) is 21.3 Å². The van der Waals surface area contributed by atoms with Gasteiger partial charge in [-0.3, -0.25) is 24.6 Å². The van der Waals surface area contributed by atoms with E-state index in [0.717, 1.165) is 98.9 Å². The molecule has 3 aromatic carbocycles. The summed E-state index contributed by atoms with van der Waals surface area (Å²) in [4.78, 5) is 54.4. The highest BCUT2D eigenvalue weighted by molar-refractivity contribution is 7.64. The van der Waals surface area contributed by atoms with Crippen LogP contribution in [-0.4, -0.2) is 121 Å². The lowest BCUT2D eigenvalue weighted by atomic mass is 9.98. The maximum Gasteiger partial charge on any atom is 0.254 e. The van der Waals surface area contributed by atoms with Gasteiger partial charge in [-0.05, 0) is 106 Å². The van der Waals surface area contributed by atoms with E-state index in [0.29, 0.717) is 42.2 Å². The van der Waals surface area contributed by atoms with E-state index in [1.54, 1.807) is 13.3 Å². The highest BCUT2D eigenvalue weighted by Crippen LogP contribution is 2.35. The Hall–Kier alpha value is -4.81. The number of carbonyl (C=O) groups is 3. The Bertz CT molecular complexity index is 2210. The van der Waals surface area contributed by atoms with Crippen molar-refractivity contribution in [3.8, 4) is 5.75 Å². The summed E-state index contributed by atoms with van der Waals surface area (Å²) in [5.41, 5.74) is 6.15. The van der Waals surface area contributed by atoms with Crippen LogP contribution in [0.2, 0.25) is 5.02 Å². The second kappa shape index (κ2) is 22.9. The van der Waals surface area contributed by atoms with Crippen LogP contribution in [0.15, 0.2) is 66.9 Å². The average Bonchev–Trinajstić information content (AvgIpc) is 3.66. The molecule has 0 saturated carbocycles. The number of methoxy groups -OCH3 is 1. The van der Waals surface area contributed by atoms with Gasteiger partial charge in [0.15, 0.2) is 5.82 Å². The van der Waals surface area contributed by atoms with Crippen LogP contribution in [0.5, 0.6) is 5.75 Å². The van der Waals surface area contributed by atoms with Crippen LogP contribution >= 0.6 is 19.5 Å². The monoisotopic (exact) mass is 909 g/mol. The third-order valence-electron chi connectivity index (χ3n) is 13.1. The van der Waals surface area contributed by atoms with Crippen molar-refractivity contribution < 1.29 is 19.1 Å². The van der Waals surface area contributed by atoms with E-state index in [1.807, 2.05) is 36.1 Å². The van der Waals surface area contributed by atoms with Gasteiger partial charge in [0.1, 0.15) is 10.8 Å². The largest absolute Gasteiger partial charge is 0.494 e. The van der Waals surface area contributed by atoms with Crippen LogP contribution in [0.3, 0.4) is 0 Å². The third kappa shape index (κ3) is 12.1. The Balaban J connectivity index is 0.787. The molecule has 4 aromatic rings. The predicted molar refractivity (Wildman–Crippen MR) is 261 cm³/mol. The first-order chi connectivity index (χ1) is 31.1. The number of anilines is 5. The second-order valence-corrected chi connectivity index (χ2v) is 20.2. The summed E-state index contributed by atoms with van der Waals surface area (Å²) < 4.78 is 5.85. The van der Waals surface area contributed by atoms with Crippen molar-refractivity contribution in [1.82, 2.24) is 30.0 Å². The molecule has 1 unspecified atom stereocenters. The summed E-state index contributed by atoms with van der Waals surface area (Å²) in [6, 6.07) is 21.2. The number of rotatable bonds is 21. The molecule has 2 fully saturated rings. The predicted octanol–water partition coefficient (Wildman–Crippen LogP) is 8.17. The van der Waals surface area contributed by atoms with Crippen LogP contribution in [-0.2, 0) is 22.6 Å². The molecule has 64 heavy (non-hydrogen) atoms. The number of amides is 3. The standard InChI is InChI=1S/C49H65ClN9O4P/c1-35(18-21-46(61)52-34-60)59-33-40-36(14-12-15-39(40)48(59)62)13-8-6-5-7-11-24-56-27-29-58(30-28-56)37-22-25-57(26-23-37)38-19-20-42(44(31-38)63-2)54-49-51-32-41(50)47(55-49)53-43-16-9-10-17-45(43)64(3)4/h9-10,12,14-17,19-20,31-32,34-35,37H,5-8,11,13,18,21-30,33H2,1-4H3,(H,52,60,61)(H2,51,53,54,55). The van der Waals surface area contributed by atoms with Gasteiger partial charge in [0.2, 0.25) is 18.3 Å². The van der Waals surface area contributed by atoms with Gasteiger partial charge in [-0.2, -0.15) is 4.98 Å². The fourth-order valence-electron chi connectivity index (χ4n) is 9.38. The zero-order valence-corrected chi connectivity index (χ0v) is 39.6. The molecule has 0 spiro atoms. The van der Waals surface area contributed by atoms with Crippen molar-refractivity contribution >= 4 is 71.9 Å². The summed E-state index contributed by atoms with van der Waals surface area (Å²) in [5, 5.41) is 10.7. The van der Waals surface area contributed by atoms with E-state index in [1.165, 1.54) is 43.1 Å². The van der Waals surface area contributed by atoms with Crippen LogP contribution in [0.25, 0.3) is 0 Å². The normalized spacial score (nSPS) is 16.5. The molecule has 2 saturated heterocycles. The van der Waals surface area contributed by atoms with Gasteiger partial charge >= 0.3 is 0 Å². The van der Waals surface area contributed by atoms with Gasteiger partial charge in [-0.15, -0.1) is 0 Å². The highest BCUT2D eigenvalue weighted by atomic mass is 35.5. The molecule has 0 radical (unpaired) electrons. The fourth-order valence-corrected chi connectivity index (χ4v) is 10.5. The number of benzene rings is 3. The maximum absolute atomic E-state index is 13.2. The SMILES string of the molecule is COc1cc(N2CCC(N3CCN(CCCCCCCc4cccc5c4CN(C(C)CCC(=O)NC=O)C5=O)CC3)CC2)ccc1Nc1ncc(Cl)c(Nc2ccccc2P(C)C)n1. The minimum absolute atomic E-state index is 0.0411. The molecule has 1 aromatic heterocycles. The van der Waals surface area contributed by atoms with Crippen LogP contribution < -0.4 is 30.9 Å². The lowest BCUT2D eigenvalue weighted by Crippen LogP contribution is -2.53. The summed E-state index contributed by atoms with van der Waals surface area (Å²) in [5.74, 6) is 1.46. The van der Waals surface area contributed by atoms with Gasteiger partial charge < -0.3 is 30.1 Å². The molecule has 13 nitrogen and oxygen atoms in total. The topological polar surface area (TPSA) is 135 Å². The molecule has 0 bridgehead atoms. The molecule has 15 heteroatoms. The zero-order valence-electron chi connectivity index (χ0n) is 38.0. The number of ether oxygens (including phenoxy) is 1. The first kappa shape index (κ1) is 47.2. The molecule has 3 aliphatic rings. The molecule has 3 N–H and O–H groups in total. The number of nitrogens with one attached hydrogen (secondary N) is 3. The van der Waals surface area contributed by atoms with E-state index in [-0.39, 0.29) is 32.2 Å². The minimum Gasteiger partial charge on any atom is -0.494 e. The number of imide groups is 1. The first-order valence-electron chi connectivity index (χ1n) is 23.0. The molecule has 7 rings (SSSR count). The molecule has 0 aliphatic carbocycles. The van der Waals surface area contributed by atoms with E-state index < -0.39 is 0 Å². The Kier molecular flexibility index (Phi) is 16.9. The van der Waals surface area contributed by atoms with Gasteiger partial charge in [0, 0.05) is 87.3 Å². The molecule has 342 valence electrons. The molecular formula is C49H65ClN9O4P. The summed E-state index contributed by atoms with van der Waals surface area (Å²) >= 11 is 6.54. The van der Waals surface area contributed by atoms with Gasteiger partial charge in [0.05, 0.1) is 19.0 Å². The Morgan fingerprint density at radius 2 is 1.70 bits per heavy atom. The van der Waals surface area contributed by atoms with Crippen LogP contribution in [0.1, 0.15) is 86.2 Å². The number of carbonyl (C=O) groups excluding carboxylic acids is 3. The zero-order chi connectivity index (χ0) is 45.0. The number of para-hydroxylation sites is 1. The number of piperidine rings is 1. The number of aryl methyl sites for hydroxylation is 1. The number of nitrogens with zero attached hydrogens (tertiary/aromatic N) is 6.